The quantitative estimate of drug-likeness (QED) is 0.548. The number of ether oxygens (including phenoxy) is 1. The van der Waals surface area contributed by atoms with Gasteiger partial charge in [0.2, 0.25) is 0 Å². The molecule has 1 aromatic carbocycles. The number of rotatable bonds is 7. The lowest BCUT2D eigenvalue weighted by molar-refractivity contribution is -0.107. The van der Waals surface area contributed by atoms with Crippen LogP contribution < -0.4 is 4.74 Å². The zero-order valence-electron chi connectivity index (χ0n) is 12.8. The van der Waals surface area contributed by atoms with Crippen molar-refractivity contribution in [3.8, 4) is 5.75 Å². The number of hydrogen-bond donors (Lipinski definition) is 0. The molecule has 0 bridgehead atoms. The molecule has 1 atom stereocenters. The highest BCUT2D eigenvalue weighted by Crippen LogP contribution is 2.27. The van der Waals surface area contributed by atoms with E-state index in [1.807, 2.05) is 24.3 Å². The molecule has 3 rings (SSSR count). The van der Waals surface area contributed by atoms with Crippen molar-refractivity contribution in [3.05, 3.63) is 29.8 Å². The van der Waals surface area contributed by atoms with Crippen molar-refractivity contribution >= 4 is 22.2 Å². The van der Waals surface area contributed by atoms with Gasteiger partial charge in [0, 0.05) is 38.8 Å². The predicted octanol–water partition coefficient (Wildman–Crippen LogP) is 2.48. The Labute approximate surface area is 140 Å². The number of hydrogen-bond acceptors (Lipinski definition) is 4. The summed E-state index contributed by atoms with van der Waals surface area (Å²) in [6.45, 7) is 6.42. The molecule has 1 saturated heterocycles. The van der Waals surface area contributed by atoms with Crippen LogP contribution in [0.15, 0.2) is 24.3 Å². The molecule has 5 heteroatoms. The van der Waals surface area contributed by atoms with E-state index < -0.39 is 0 Å². The molecule has 0 N–H and O–H groups in total. The Bertz CT molecular complexity index is 482. The van der Waals surface area contributed by atoms with Crippen LogP contribution in [0.4, 0.5) is 0 Å². The zero-order chi connectivity index (χ0) is 15.4. The molecule has 1 aromatic rings. The highest BCUT2D eigenvalue weighted by Gasteiger charge is 2.30. The Kier molecular flexibility index (Phi) is 5.50. The second-order valence-electron chi connectivity index (χ2n) is 6.06. The molecule has 2 fully saturated rings. The summed E-state index contributed by atoms with van der Waals surface area (Å²) in [5, 5.41) is 0. The van der Waals surface area contributed by atoms with Crippen molar-refractivity contribution < 1.29 is 9.53 Å². The van der Waals surface area contributed by atoms with E-state index in [1.54, 1.807) is 0 Å². The van der Waals surface area contributed by atoms with E-state index in [0.717, 1.165) is 43.3 Å². The molecular formula is C17H23BrN2O2. The smallest absolute Gasteiger partial charge is 0.138 e. The first-order valence-electron chi connectivity index (χ1n) is 8.05. The van der Waals surface area contributed by atoms with Crippen LogP contribution >= 0.6 is 15.9 Å². The van der Waals surface area contributed by atoms with Gasteiger partial charge in [-0.25, -0.2) is 0 Å². The molecule has 0 aromatic heterocycles. The van der Waals surface area contributed by atoms with Crippen LogP contribution in [0.1, 0.15) is 23.2 Å². The van der Waals surface area contributed by atoms with E-state index in [-0.39, 0.29) is 4.83 Å². The number of nitrogens with zero attached hydrogens (tertiary/aromatic N) is 2. The minimum Gasteiger partial charge on any atom is -0.492 e. The minimum atomic E-state index is -0.232. The molecule has 2 aliphatic rings. The van der Waals surface area contributed by atoms with Crippen LogP contribution in [-0.2, 0) is 4.79 Å². The number of benzene rings is 1. The van der Waals surface area contributed by atoms with Crippen LogP contribution in [-0.4, -0.2) is 61.5 Å². The molecule has 1 unspecified atom stereocenters. The van der Waals surface area contributed by atoms with Gasteiger partial charge in [0.25, 0.3) is 0 Å². The number of alkyl halides is 1. The summed E-state index contributed by atoms with van der Waals surface area (Å²) in [6.07, 6.45) is 3.69. The largest absolute Gasteiger partial charge is 0.492 e. The molecule has 120 valence electrons. The summed E-state index contributed by atoms with van der Waals surface area (Å²) in [6, 6.07) is 8.60. The maximum Gasteiger partial charge on any atom is 0.138 e. The summed E-state index contributed by atoms with van der Waals surface area (Å²) < 4.78 is 5.80. The number of piperazine rings is 1. The molecule has 0 amide bonds. The van der Waals surface area contributed by atoms with E-state index >= 15 is 0 Å². The maximum atomic E-state index is 10.7. The van der Waals surface area contributed by atoms with Gasteiger partial charge in [0.15, 0.2) is 0 Å². The van der Waals surface area contributed by atoms with Crippen molar-refractivity contribution in [2.75, 3.05) is 39.3 Å². The zero-order valence-corrected chi connectivity index (χ0v) is 14.4. The Morgan fingerprint density at radius 2 is 1.86 bits per heavy atom. The fourth-order valence-corrected chi connectivity index (χ4v) is 3.22. The van der Waals surface area contributed by atoms with Crippen LogP contribution in [0.3, 0.4) is 0 Å². The SMILES string of the molecule is O=CC(Br)c1ccc(OCCN2CCN(C3CC3)CC2)cc1. The fourth-order valence-electron chi connectivity index (χ4n) is 2.91. The predicted molar refractivity (Wildman–Crippen MR) is 90.7 cm³/mol. The van der Waals surface area contributed by atoms with Crippen molar-refractivity contribution in [3.63, 3.8) is 0 Å². The normalized spacial score (nSPS) is 21.5. The third kappa shape index (κ3) is 4.31. The van der Waals surface area contributed by atoms with Gasteiger partial charge in [-0.15, -0.1) is 0 Å². The Balaban J connectivity index is 1.37. The molecule has 1 saturated carbocycles. The Morgan fingerprint density at radius 3 is 2.45 bits per heavy atom. The van der Waals surface area contributed by atoms with E-state index in [0.29, 0.717) is 6.61 Å². The molecular weight excluding hydrogens is 344 g/mol. The van der Waals surface area contributed by atoms with E-state index in [1.165, 1.54) is 25.9 Å². The highest BCUT2D eigenvalue weighted by atomic mass is 79.9. The number of carbonyl (C=O) groups is 1. The van der Waals surface area contributed by atoms with Crippen molar-refractivity contribution in [2.45, 2.75) is 23.7 Å². The van der Waals surface area contributed by atoms with Crippen LogP contribution in [0.5, 0.6) is 5.75 Å². The van der Waals surface area contributed by atoms with Crippen LogP contribution in [0.25, 0.3) is 0 Å². The average molecular weight is 367 g/mol. The Hall–Kier alpha value is -0.910. The van der Waals surface area contributed by atoms with Gasteiger partial charge in [-0.3, -0.25) is 9.80 Å². The second-order valence-corrected chi connectivity index (χ2v) is 7.05. The number of halogens is 1. The maximum absolute atomic E-state index is 10.7. The van der Waals surface area contributed by atoms with Gasteiger partial charge >= 0.3 is 0 Å². The second kappa shape index (κ2) is 7.57. The van der Waals surface area contributed by atoms with Crippen molar-refractivity contribution in [2.24, 2.45) is 0 Å². The van der Waals surface area contributed by atoms with Gasteiger partial charge < -0.3 is 9.53 Å². The van der Waals surface area contributed by atoms with E-state index in [2.05, 4.69) is 25.7 Å². The lowest BCUT2D eigenvalue weighted by Crippen LogP contribution is -2.48. The van der Waals surface area contributed by atoms with Gasteiger partial charge in [-0.1, -0.05) is 28.1 Å². The summed E-state index contributed by atoms with van der Waals surface area (Å²) in [4.78, 5) is 15.6. The monoisotopic (exact) mass is 366 g/mol. The summed E-state index contributed by atoms with van der Waals surface area (Å²) in [5.41, 5.74) is 0.957. The molecule has 1 aliphatic carbocycles. The summed E-state index contributed by atoms with van der Waals surface area (Å²) >= 11 is 3.31. The first-order valence-corrected chi connectivity index (χ1v) is 8.96. The molecule has 22 heavy (non-hydrogen) atoms. The lowest BCUT2D eigenvalue weighted by atomic mass is 10.2. The van der Waals surface area contributed by atoms with Crippen LogP contribution in [0.2, 0.25) is 0 Å². The standard InChI is InChI=1S/C17H23BrN2O2/c18-17(13-21)14-1-5-16(6-2-14)22-12-11-19-7-9-20(10-8-19)15-3-4-15/h1-2,5-6,13,15,17H,3-4,7-12H2. The molecule has 0 radical (unpaired) electrons. The third-order valence-electron chi connectivity index (χ3n) is 4.46. The molecule has 1 heterocycles. The van der Waals surface area contributed by atoms with E-state index in [9.17, 15) is 4.79 Å². The molecule has 0 spiro atoms. The van der Waals surface area contributed by atoms with Crippen LogP contribution in [0, 0.1) is 0 Å². The summed E-state index contributed by atoms with van der Waals surface area (Å²) in [7, 11) is 0. The minimum absolute atomic E-state index is 0.232. The first-order chi connectivity index (χ1) is 10.8. The third-order valence-corrected chi connectivity index (χ3v) is 5.21. The highest BCUT2D eigenvalue weighted by molar-refractivity contribution is 9.09. The molecule has 1 aliphatic heterocycles. The lowest BCUT2D eigenvalue weighted by Gasteiger charge is -2.34. The number of carbonyl (C=O) groups excluding carboxylic acids is 1. The van der Waals surface area contributed by atoms with Crippen molar-refractivity contribution in [1.29, 1.82) is 0 Å². The molecule has 4 nitrogen and oxygen atoms in total. The Morgan fingerprint density at radius 1 is 1.18 bits per heavy atom. The van der Waals surface area contributed by atoms with E-state index in [4.69, 9.17) is 4.74 Å². The topological polar surface area (TPSA) is 32.8 Å². The van der Waals surface area contributed by atoms with Gasteiger partial charge in [-0.2, -0.15) is 0 Å². The van der Waals surface area contributed by atoms with Crippen molar-refractivity contribution in [1.82, 2.24) is 9.80 Å². The van der Waals surface area contributed by atoms with Gasteiger partial charge in [0.05, 0.1) is 4.83 Å². The van der Waals surface area contributed by atoms with Gasteiger partial charge in [0.1, 0.15) is 18.6 Å². The number of aldehydes is 1. The average Bonchev–Trinajstić information content (AvgIpc) is 3.40. The first kappa shape index (κ1) is 16.0. The van der Waals surface area contributed by atoms with Gasteiger partial charge in [-0.05, 0) is 30.5 Å². The fraction of sp³-hybridized carbons (Fsp3) is 0.588. The summed E-state index contributed by atoms with van der Waals surface area (Å²) in [5.74, 6) is 0.867.